The first-order valence-electron chi connectivity index (χ1n) is 9.42. The summed E-state index contributed by atoms with van der Waals surface area (Å²) in [5.41, 5.74) is 3.22. The van der Waals surface area contributed by atoms with Crippen molar-refractivity contribution in [3.8, 4) is 0 Å². The van der Waals surface area contributed by atoms with Crippen LogP contribution in [0.5, 0.6) is 0 Å². The summed E-state index contributed by atoms with van der Waals surface area (Å²) in [6.45, 7) is 7.79. The maximum Gasteiger partial charge on any atom is 0.268 e. The van der Waals surface area contributed by atoms with Gasteiger partial charge in [0.1, 0.15) is 10.5 Å². The highest BCUT2D eigenvalue weighted by molar-refractivity contribution is 7.16. The average Bonchev–Trinajstić information content (AvgIpc) is 3.27. The maximum absolute atomic E-state index is 12.9. The Morgan fingerprint density at radius 3 is 2.85 bits per heavy atom. The van der Waals surface area contributed by atoms with Crippen molar-refractivity contribution >= 4 is 27.5 Å². The van der Waals surface area contributed by atoms with Crippen LogP contribution in [0.1, 0.15) is 21.6 Å². The third-order valence-corrected chi connectivity index (χ3v) is 6.09. The predicted molar refractivity (Wildman–Crippen MR) is 110 cm³/mol. The minimum absolute atomic E-state index is 0.000226. The number of fused-ring (bicyclic) bond motifs is 1. The smallest absolute Gasteiger partial charge is 0.268 e. The van der Waals surface area contributed by atoms with E-state index < -0.39 is 0 Å². The van der Waals surface area contributed by atoms with Crippen molar-refractivity contribution in [2.45, 2.75) is 13.5 Å². The number of nitrogens with one attached hydrogen (secondary N) is 1. The molecule has 0 spiro atoms. The van der Waals surface area contributed by atoms with Crippen LogP contribution in [-0.4, -0.2) is 54.8 Å². The van der Waals surface area contributed by atoms with Gasteiger partial charge in [-0.25, -0.2) is 0 Å². The van der Waals surface area contributed by atoms with E-state index in [-0.39, 0.29) is 5.91 Å². The van der Waals surface area contributed by atoms with Gasteiger partial charge >= 0.3 is 0 Å². The number of aryl methyl sites for hydroxylation is 1. The topological polar surface area (TPSA) is 46.5 Å². The van der Waals surface area contributed by atoms with E-state index in [0.29, 0.717) is 13.1 Å². The highest BCUT2D eigenvalue weighted by Crippen LogP contribution is 2.27. The van der Waals surface area contributed by atoms with Gasteiger partial charge in [0.15, 0.2) is 0 Å². The lowest BCUT2D eigenvalue weighted by Gasteiger charge is -2.26. The molecule has 0 radical (unpaired) electrons. The zero-order valence-corrected chi connectivity index (χ0v) is 16.4. The summed E-state index contributed by atoms with van der Waals surface area (Å²) in [6, 6.07) is 12.4. The molecule has 0 atom stereocenters. The fraction of sp³-hybridized carbons (Fsp3) is 0.381. The fourth-order valence-electron chi connectivity index (χ4n) is 3.52. The number of hydrogen-bond donors (Lipinski definition) is 1. The average molecular weight is 384 g/mol. The summed E-state index contributed by atoms with van der Waals surface area (Å²) in [6.07, 6.45) is 0. The Labute approximate surface area is 163 Å². The molecule has 4 rings (SSSR count). The molecule has 27 heavy (non-hydrogen) atoms. The summed E-state index contributed by atoms with van der Waals surface area (Å²) >= 11 is 1.68. The van der Waals surface area contributed by atoms with Crippen molar-refractivity contribution in [1.29, 1.82) is 0 Å². The molecule has 142 valence electrons. The van der Waals surface area contributed by atoms with Crippen LogP contribution in [0.3, 0.4) is 0 Å². The number of aromatic nitrogens is 1. The van der Waals surface area contributed by atoms with Crippen molar-refractivity contribution in [2.24, 2.45) is 0 Å². The number of carbonyl (C=O) groups is 1. The van der Waals surface area contributed by atoms with Crippen molar-refractivity contribution in [1.82, 2.24) is 14.8 Å². The van der Waals surface area contributed by atoms with E-state index in [2.05, 4.69) is 57.4 Å². The number of morpholine rings is 1. The molecule has 0 bridgehead atoms. The molecule has 3 heterocycles. The molecule has 1 aromatic carbocycles. The molecular formula is C21H25N3O2S. The van der Waals surface area contributed by atoms with Gasteiger partial charge in [-0.1, -0.05) is 24.3 Å². The summed E-state index contributed by atoms with van der Waals surface area (Å²) in [7, 11) is 0. The standard InChI is InChI=1S/C21H25N3O2S/c1-16-4-2-3-5-18(16)15-24-19(14-17-6-13-27-21(17)24)20(25)22-7-8-23-9-11-26-12-10-23/h2-6,13-14H,7-12,15H2,1H3,(H,22,25). The fourth-order valence-corrected chi connectivity index (χ4v) is 4.42. The molecule has 0 aliphatic carbocycles. The van der Waals surface area contributed by atoms with Gasteiger partial charge in [0.25, 0.3) is 5.91 Å². The van der Waals surface area contributed by atoms with Crippen molar-refractivity contribution in [3.05, 3.63) is 58.6 Å². The summed E-state index contributed by atoms with van der Waals surface area (Å²) < 4.78 is 7.52. The van der Waals surface area contributed by atoms with Crippen LogP contribution in [0.25, 0.3) is 10.2 Å². The third-order valence-electron chi connectivity index (χ3n) is 5.14. The molecule has 1 saturated heterocycles. The largest absolute Gasteiger partial charge is 0.379 e. The van der Waals surface area contributed by atoms with Crippen molar-refractivity contribution in [2.75, 3.05) is 39.4 Å². The number of ether oxygens (including phenoxy) is 1. The van der Waals surface area contributed by atoms with E-state index in [4.69, 9.17) is 4.74 Å². The Balaban J connectivity index is 1.49. The van der Waals surface area contributed by atoms with Gasteiger partial charge in [-0.3, -0.25) is 9.69 Å². The second-order valence-corrected chi connectivity index (χ2v) is 7.83. The molecule has 6 heteroatoms. The van der Waals surface area contributed by atoms with Crippen LogP contribution >= 0.6 is 11.3 Å². The lowest BCUT2D eigenvalue weighted by Crippen LogP contribution is -2.41. The molecule has 5 nitrogen and oxygen atoms in total. The number of thiophene rings is 1. The quantitative estimate of drug-likeness (QED) is 0.711. The second kappa shape index (κ2) is 8.25. The zero-order chi connectivity index (χ0) is 18.6. The molecule has 3 aromatic rings. The summed E-state index contributed by atoms with van der Waals surface area (Å²) in [4.78, 5) is 16.4. The van der Waals surface area contributed by atoms with Gasteiger partial charge in [0, 0.05) is 38.1 Å². The lowest BCUT2D eigenvalue weighted by atomic mass is 10.1. The minimum Gasteiger partial charge on any atom is -0.379 e. The van der Waals surface area contributed by atoms with Crippen LogP contribution in [-0.2, 0) is 11.3 Å². The van der Waals surface area contributed by atoms with Crippen LogP contribution in [0, 0.1) is 6.92 Å². The first kappa shape index (κ1) is 18.2. The highest BCUT2D eigenvalue weighted by Gasteiger charge is 2.18. The maximum atomic E-state index is 12.9. The monoisotopic (exact) mass is 383 g/mol. The number of carbonyl (C=O) groups excluding carboxylic acids is 1. The number of hydrogen-bond acceptors (Lipinski definition) is 4. The van der Waals surface area contributed by atoms with Crippen LogP contribution in [0.2, 0.25) is 0 Å². The predicted octanol–water partition coefficient (Wildman–Crippen LogP) is 3.12. The Hall–Kier alpha value is -2.15. The van der Waals surface area contributed by atoms with Gasteiger partial charge in [-0.2, -0.15) is 0 Å². The third kappa shape index (κ3) is 4.08. The Morgan fingerprint density at radius 1 is 1.22 bits per heavy atom. The molecule has 0 saturated carbocycles. The van der Waals surface area contributed by atoms with Crippen molar-refractivity contribution < 1.29 is 9.53 Å². The van der Waals surface area contributed by atoms with E-state index in [9.17, 15) is 4.79 Å². The molecule has 1 fully saturated rings. The molecule has 1 amide bonds. The normalized spacial score (nSPS) is 15.3. The molecule has 1 N–H and O–H groups in total. The molecule has 0 unspecified atom stereocenters. The van der Waals surface area contributed by atoms with E-state index in [0.717, 1.165) is 48.8 Å². The van der Waals surface area contributed by atoms with Gasteiger partial charge in [-0.15, -0.1) is 11.3 Å². The molecule has 1 aliphatic rings. The summed E-state index contributed by atoms with van der Waals surface area (Å²) in [5, 5.41) is 6.31. The van der Waals surface area contributed by atoms with Gasteiger partial charge in [0.2, 0.25) is 0 Å². The van der Waals surface area contributed by atoms with Crippen LogP contribution < -0.4 is 5.32 Å². The first-order valence-corrected chi connectivity index (χ1v) is 10.3. The van der Waals surface area contributed by atoms with E-state index in [1.54, 1.807) is 11.3 Å². The Morgan fingerprint density at radius 2 is 2.04 bits per heavy atom. The Bertz CT molecular complexity index is 925. The van der Waals surface area contributed by atoms with E-state index in [1.165, 1.54) is 11.1 Å². The zero-order valence-electron chi connectivity index (χ0n) is 15.6. The van der Waals surface area contributed by atoms with Gasteiger partial charge in [0.05, 0.1) is 13.2 Å². The number of amides is 1. The van der Waals surface area contributed by atoms with E-state index in [1.807, 2.05) is 6.07 Å². The highest BCUT2D eigenvalue weighted by atomic mass is 32.1. The Kier molecular flexibility index (Phi) is 5.57. The number of benzene rings is 1. The SMILES string of the molecule is Cc1ccccc1Cn1c(C(=O)NCCN2CCOCC2)cc2ccsc21. The van der Waals surface area contributed by atoms with Crippen LogP contribution in [0.4, 0.5) is 0 Å². The molecule has 1 aliphatic heterocycles. The van der Waals surface area contributed by atoms with Gasteiger partial charge in [-0.05, 0) is 35.6 Å². The van der Waals surface area contributed by atoms with Crippen molar-refractivity contribution in [3.63, 3.8) is 0 Å². The minimum atomic E-state index is 0.000226. The second-order valence-electron chi connectivity index (χ2n) is 6.93. The summed E-state index contributed by atoms with van der Waals surface area (Å²) in [5.74, 6) is 0.000226. The molecule has 2 aromatic heterocycles. The molecular weight excluding hydrogens is 358 g/mol. The first-order chi connectivity index (χ1) is 13.2. The number of rotatable bonds is 6. The van der Waals surface area contributed by atoms with E-state index >= 15 is 0 Å². The lowest BCUT2D eigenvalue weighted by molar-refractivity contribution is 0.0383. The number of nitrogens with zero attached hydrogens (tertiary/aromatic N) is 2. The van der Waals surface area contributed by atoms with Gasteiger partial charge < -0.3 is 14.6 Å². The van der Waals surface area contributed by atoms with Crippen LogP contribution in [0.15, 0.2) is 41.8 Å².